The molecule has 13 nitrogen and oxygen atoms in total. The van der Waals surface area contributed by atoms with Crippen molar-refractivity contribution < 1.29 is 14.6 Å². The van der Waals surface area contributed by atoms with Crippen LogP contribution in [0.4, 0.5) is 11.4 Å². The van der Waals surface area contributed by atoms with Gasteiger partial charge in [0.2, 0.25) is 11.6 Å². The number of hydrogen-bond donors (Lipinski definition) is 1. The van der Waals surface area contributed by atoms with Gasteiger partial charge in [0.15, 0.2) is 0 Å². The summed E-state index contributed by atoms with van der Waals surface area (Å²) in [6.07, 6.45) is 1.99. The Balaban J connectivity index is 1.78. The summed E-state index contributed by atoms with van der Waals surface area (Å²) in [6.45, 7) is 0. The van der Waals surface area contributed by atoms with E-state index in [9.17, 15) is 29.8 Å². The molecule has 4 rings (SSSR count). The molecule has 0 spiro atoms. The van der Waals surface area contributed by atoms with E-state index >= 15 is 0 Å². The van der Waals surface area contributed by atoms with Crippen LogP contribution in [0.25, 0.3) is 10.9 Å². The highest BCUT2D eigenvalue weighted by atomic mass is 16.6. The molecule has 2 aromatic carbocycles. The molecule has 0 bridgehead atoms. The van der Waals surface area contributed by atoms with Gasteiger partial charge >= 0.3 is 11.4 Å². The fraction of sp³-hybridized carbons (Fsp3) is 0. The Labute approximate surface area is 182 Å². The fourth-order valence-electron chi connectivity index (χ4n) is 2.92. The Morgan fingerprint density at radius 2 is 1.79 bits per heavy atom. The average Bonchev–Trinajstić information content (AvgIpc) is 2.80. The Hall–Kier alpha value is -5.20. The van der Waals surface area contributed by atoms with Gasteiger partial charge < -0.3 is 9.72 Å². The lowest BCUT2D eigenvalue weighted by Gasteiger charge is -2.08. The smallest absolute Gasteiger partial charge is 0.349 e. The number of hydrogen-bond acceptors (Lipinski definition) is 9. The van der Waals surface area contributed by atoms with Crippen LogP contribution in [-0.2, 0) is 0 Å². The molecule has 0 aliphatic carbocycles. The second-order valence-electron chi connectivity index (χ2n) is 6.50. The Morgan fingerprint density at radius 3 is 2.48 bits per heavy atom. The van der Waals surface area contributed by atoms with Crippen LogP contribution in [0.3, 0.4) is 0 Å². The maximum absolute atomic E-state index is 12.6. The molecule has 13 heteroatoms. The van der Waals surface area contributed by atoms with E-state index in [2.05, 4.69) is 15.1 Å². The van der Waals surface area contributed by atoms with Crippen molar-refractivity contribution in [3.05, 3.63) is 107 Å². The van der Waals surface area contributed by atoms with Gasteiger partial charge in [-0.05, 0) is 18.2 Å². The van der Waals surface area contributed by atoms with E-state index in [1.54, 1.807) is 18.2 Å². The molecule has 0 fully saturated rings. The number of aromatic nitrogens is 3. The SMILES string of the molecule is O=c1[nH]c2ccccc2c(=O)n1N=Cc1cccc([N+](=O)[O-])c1Oc1ccc([N+](=O)[O-])cn1. The first-order valence-corrected chi connectivity index (χ1v) is 9.19. The highest BCUT2D eigenvalue weighted by molar-refractivity contribution is 5.86. The lowest BCUT2D eigenvalue weighted by atomic mass is 10.2. The Kier molecular flexibility index (Phi) is 5.42. The average molecular weight is 448 g/mol. The maximum Gasteiger partial charge on any atom is 0.349 e. The molecule has 33 heavy (non-hydrogen) atoms. The van der Waals surface area contributed by atoms with E-state index in [-0.39, 0.29) is 28.3 Å². The Morgan fingerprint density at radius 1 is 1.00 bits per heavy atom. The van der Waals surface area contributed by atoms with Crippen molar-refractivity contribution in [1.29, 1.82) is 0 Å². The maximum atomic E-state index is 12.6. The van der Waals surface area contributed by atoms with Crippen molar-refractivity contribution in [2.45, 2.75) is 0 Å². The predicted octanol–water partition coefficient (Wildman–Crippen LogP) is 2.58. The second-order valence-corrected chi connectivity index (χ2v) is 6.50. The van der Waals surface area contributed by atoms with Crippen LogP contribution >= 0.6 is 0 Å². The van der Waals surface area contributed by atoms with Gasteiger partial charge in [0, 0.05) is 23.8 Å². The van der Waals surface area contributed by atoms with Crippen molar-refractivity contribution in [1.82, 2.24) is 14.6 Å². The van der Waals surface area contributed by atoms with Crippen LogP contribution in [0.5, 0.6) is 11.6 Å². The summed E-state index contributed by atoms with van der Waals surface area (Å²) in [5.74, 6) is -0.428. The zero-order valence-corrected chi connectivity index (χ0v) is 16.4. The number of ether oxygens (including phenoxy) is 1. The minimum absolute atomic E-state index is 0.0591. The number of nitro groups is 2. The number of nitro benzene ring substituents is 1. The van der Waals surface area contributed by atoms with Crippen LogP contribution in [0.2, 0.25) is 0 Å². The number of nitrogens with one attached hydrogen (secondary N) is 1. The number of pyridine rings is 1. The van der Waals surface area contributed by atoms with Crippen molar-refractivity contribution in [2.24, 2.45) is 5.10 Å². The minimum atomic E-state index is -0.806. The van der Waals surface area contributed by atoms with E-state index in [0.29, 0.717) is 10.2 Å². The third-order valence-electron chi connectivity index (χ3n) is 4.46. The number of fused-ring (bicyclic) bond motifs is 1. The molecule has 0 aliphatic rings. The summed E-state index contributed by atoms with van der Waals surface area (Å²) < 4.78 is 6.09. The van der Waals surface area contributed by atoms with Gasteiger partial charge in [-0.3, -0.25) is 25.0 Å². The van der Waals surface area contributed by atoms with Crippen molar-refractivity contribution in [3.8, 4) is 11.6 Å². The summed E-state index contributed by atoms with van der Waals surface area (Å²) in [7, 11) is 0. The van der Waals surface area contributed by atoms with Gasteiger partial charge in [-0.1, -0.05) is 18.2 Å². The first-order chi connectivity index (χ1) is 15.8. The van der Waals surface area contributed by atoms with Crippen LogP contribution < -0.4 is 16.0 Å². The minimum Gasteiger partial charge on any atom is -0.431 e. The van der Waals surface area contributed by atoms with Crippen LogP contribution in [0.15, 0.2) is 75.5 Å². The normalized spacial score (nSPS) is 11.0. The van der Waals surface area contributed by atoms with Crippen LogP contribution in [0.1, 0.15) is 5.56 Å². The standard InChI is InChI=1S/C20H12N6O7/c27-19-14-5-1-2-6-15(14)23-20(28)24(19)22-10-12-4-3-7-16(26(31)32)18(12)33-17-9-8-13(11-21-17)25(29)30/h1-11H,(H,23,28). The third kappa shape index (κ3) is 4.18. The van der Waals surface area contributed by atoms with Crippen LogP contribution in [-0.4, -0.2) is 30.7 Å². The van der Waals surface area contributed by atoms with Crippen molar-refractivity contribution in [3.63, 3.8) is 0 Å². The number of rotatable bonds is 6. The molecular weight excluding hydrogens is 436 g/mol. The number of nitrogens with zero attached hydrogens (tertiary/aromatic N) is 5. The zero-order valence-electron chi connectivity index (χ0n) is 16.4. The number of aromatic amines is 1. The first-order valence-electron chi connectivity index (χ1n) is 9.19. The predicted molar refractivity (Wildman–Crippen MR) is 116 cm³/mol. The quantitative estimate of drug-likeness (QED) is 0.266. The molecule has 0 saturated heterocycles. The summed E-state index contributed by atoms with van der Waals surface area (Å²) in [4.78, 5) is 52.2. The molecule has 0 unspecified atom stereocenters. The molecule has 0 aliphatic heterocycles. The van der Waals surface area contributed by atoms with E-state index in [4.69, 9.17) is 4.74 Å². The molecule has 0 radical (unpaired) electrons. The fourth-order valence-corrected chi connectivity index (χ4v) is 2.92. The number of para-hydroxylation sites is 2. The Bertz CT molecular complexity index is 1540. The molecular formula is C20H12N6O7. The lowest BCUT2D eigenvalue weighted by molar-refractivity contribution is -0.385. The summed E-state index contributed by atoms with van der Waals surface area (Å²) in [6, 6.07) is 12.6. The molecule has 0 saturated carbocycles. The molecule has 164 valence electrons. The molecule has 0 atom stereocenters. The first kappa shape index (κ1) is 21.0. The van der Waals surface area contributed by atoms with Gasteiger partial charge in [0.05, 0.1) is 27.0 Å². The van der Waals surface area contributed by atoms with Gasteiger partial charge in [0.1, 0.15) is 6.20 Å². The highest BCUT2D eigenvalue weighted by Gasteiger charge is 2.20. The van der Waals surface area contributed by atoms with Gasteiger partial charge in [0.25, 0.3) is 11.2 Å². The van der Waals surface area contributed by atoms with Crippen molar-refractivity contribution in [2.75, 3.05) is 0 Å². The molecule has 2 heterocycles. The van der Waals surface area contributed by atoms with Gasteiger partial charge in [-0.25, -0.2) is 9.78 Å². The van der Waals surface area contributed by atoms with Gasteiger partial charge in [-0.15, -0.1) is 4.68 Å². The molecule has 4 aromatic rings. The van der Waals surface area contributed by atoms with Crippen molar-refractivity contribution >= 4 is 28.5 Å². The lowest BCUT2D eigenvalue weighted by Crippen LogP contribution is -2.32. The molecule has 2 aromatic heterocycles. The molecule has 0 amide bonds. The molecule has 1 N–H and O–H groups in total. The second kappa shape index (κ2) is 8.50. The highest BCUT2D eigenvalue weighted by Crippen LogP contribution is 2.33. The van der Waals surface area contributed by atoms with E-state index < -0.39 is 26.8 Å². The summed E-state index contributed by atoms with van der Waals surface area (Å²) in [5, 5.41) is 26.4. The van der Waals surface area contributed by atoms with Gasteiger partial charge in [-0.2, -0.15) is 5.10 Å². The third-order valence-corrected chi connectivity index (χ3v) is 4.46. The van der Waals surface area contributed by atoms with E-state index in [1.807, 2.05) is 0 Å². The van der Waals surface area contributed by atoms with Crippen LogP contribution in [0, 0.1) is 20.2 Å². The van der Waals surface area contributed by atoms with E-state index in [1.165, 1.54) is 30.3 Å². The number of H-pyrrole nitrogens is 1. The monoisotopic (exact) mass is 448 g/mol. The largest absolute Gasteiger partial charge is 0.431 e. The topological polar surface area (TPSA) is 176 Å². The summed E-state index contributed by atoms with van der Waals surface area (Å²) >= 11 is 0. The summed E-state index contributed by atoms with van der Waals surface area (Å²) in [5.41, 5.74) is -1.83. The zero-order chi connectivity index (χ0) is 23.5. The van der Waals surface area contributed by atoms with E-state index in [0.717, 1.165) is 18.5 Å². The number of benzene rings is 2.